The largest absolute Gasteiger partial charge is 0.461 e. The number of aromatic nitrogens is 1. The van der Waals surface area contributed by atoms with E-state index in [1.54, 1.807) is 0 Å². The van der Waals surface area contributed by atoms with E-state index in [-0.39, 0.29) is 5.97 Å². The molecule has 1 N–H and O–H groups in total. The van der Waals surface area contributed by atoms with E-state index in [2.05, 4.69) is 70.5 Å². The van der Waals surface area contributed by atoms with Crippen molar-refractivity contribution in [1.82, 2.24) is 4.98 Å². The second-order valence-corrected chi connectivity index (χ2v) is 7.40. The summed E-state index contributed by atoms with van der Waals surface area (Å²) in [6, 6.07) is 27.3. The van der Waals surface area contributed by atoms with Crippen molar-refractivity contribution in [2.45, 2.75) is 26.9 Å². The van der Waals surface area contributed by atoms with Crippen molar-refractivity contribution in [2.24, 2.45) is 0 Å². The molecule has 1 heterocycles. The highest BCUT2D eigenvalue weighted by Crippen LogP contribution is 2.29. The Morgan fingerprint density at radius 2 is 1.50 bits per heavy atom. The van der Waals surface area contributed by atoms with E-state index in [0.717, 1.165) is 35.2 Å². The summed E-state index contributed by atoms with van der Waals surface area (Å²) in [4.78, 5) is 17.9. The van der Waals surface area contributed by atoms with Crippen LogP contribution in [0.4, 0.5) is 5.69 Å². The number of hydrogen-bond donors (Lipinski definition) is 1. The molecular formula is C26H26N2O2. The normalized spacial score (nSPS) is 10.9. The maximum absolute atomic E-state index is 12.3. The van der Waals surface area contributed by atoms with Gasteiger partial charge in [0.25, 0.3) is 0 Å². The Bertz CT molecular complexity index is 1090. The van der Waals surface area contributed by atoms with Gasteiger partial charge in [0.15, 0.2) is 0 Å². The van der Waals surface area contributed by atoms with Gasteiger partial charge in [-0.25, -0.2) is 4.79 Å². The number of H-pyrrole nitrogens is 1. The molecule has 4 aromatic rings. The molecule has 0 radical (unpaired) electrons. The molecule has 0 unspecified atom stereocenters. The summed E-state index contributed by atoms with van der Waals surface area (Å²) in [6.45, 7) is 5.75. The fourth-order valence-electron chi connectivity index (χ4n) is 3.76. The first-order chi connectivity index (χ1) is 14.7. The third-order valence-corrected chi connectivity index (χ3v) is 5.32. The average molecular weight is 399 g/mol. The quantitative estimate of drug-likeness (QED) is 0.397. The molecule has 0 fully saturated rings. The molecule has 3 aromatic carbocycles. The molecule has 0 saturated carbocycles. The van der Waals surface area contributed by atoms with Gasteiger partial charge in [0.1, 0.15) is 5.69 Å². The van der Waals surface area contributed by atoms with Crippen molar-refractivity contribution in [2.75, 3.05) is 11.5 Å². The van der Waals surface area contributed by atoms with Gasteiger partial charge in [0, 0.05) is 29.7 Å². The zero-order valence-corrected chi connectivity index (χ0v) is 17.4. The lowest BCUT2D eigenvalue weighted by Crippen LogP contribution is -2.22. The second-order valence-electron chi connectivity index (χ2n) is 7.40. The lowest BCUT2D eigenvalue weighted by molar-refractivity contribution is 0.0520. The summed E-state index contributed by atoms with van der Waals surface area (Å²) < 4.78 is 5.19. The third kappa shape index (κ3) is 4.23. The summed E-state index contributed by atoms with van der Waals surface area (Å²) >= 11 is 0. The summed E-state index contributed by atoms with van der Waals surface area (Å²) in [5, 5.41) is 1.04. The number of esters is 1. The monoisotopic (exact) mass is 398 g/mol. The van der Waals surface area contributed by atoms with Crippen LogP contribution >= 0.6 is 0 Å². The molecule has 152 valence electrons. The number of anilines is 1. The number of nitrogens with one attached hydrogen (secondary N) is 1. The van der Waals surface area contributed by atoms with Crippen LogP contribution in [0.25, 0.3) is 10.9 Å². The number of carbonyl (C=O) groups excluding carboxylic acids is 1. The molecule has 4 nitrogen and oxygen atoms in total. The molecule has 0 spiro atoms. The smallest absolute Gasteiger partial charge is 0.355 e. The molecule has 0 aliphatic rings. The number of nitrogens with zero attached hydrogens (tertiary/aromatic N) is 1. The van der Waals surface area contributed by atoms with Gasteiger partial charge >= 0.3 is 5.97 Å². The number of rotatable bonds is 7. The van der Waals surface area contributed by atoms with Crippen molar-refractivity contribution >= 4 is 22.6 Å². The van der Waals surface area contributed by atoms with Crippen molar-refractivity contribution in [1.29, 1.82) is 0 Å². The maximum atomic E-state index is 12.3. The van der Waals surface area contributed by atoms with Gasteiger partial charge in [-0.2, -0.15) is 0 Å². The summed E-state index contributed by atoms with van der Waals surface area (Å²) in [7, 11) is 0. The SMILES string of the molecule is CCOC(=O)c1[nH]c2ccc(N(Cc3ccccc3)Cc3ccccc3)cc2c1C. The van der Waals surface area contributed by atoms with E-state index in [9.17, 15) is 4.79 Å². The molecule has 4 heteroatoms. The maximum Gasteiger partial charge on any atom is 0.355 e. The Morgan fingerprint density at radius 3 is 2.07 bits per heavy atom. The highest BCUT2D eigenvalue weighted by molar-refractivity contribution is 5.99. The van der Waals surface area contributed by atoms with E-state index < -0.39 is 0 Å². The summed E-state index contributed by atoms with van der Waals surface area (Å²) in [5.74, 6) is -0.307. The van der Waals surface area contributed by atoms with E-state index in [4.69, 9.17) is 4.74 Å². The van der Waals surface area contributed by atoms with Crippen molar-refractivity contribution in [3.63, 3.8) is 0 Å². The first-order valence-electron chi connectivity index (χ1n) is 10.3. The molecule has 0 bridgehead atoms. The molecule has 0 atom stereocenters. The Morgan fingerprint density at radius 1 is 0.900 bits per heavy atom. The number of benzene rings is 3. The number of ether oxygens (including phenoxy) is 1. The highest BCUT2D eigenvalue weighted by atomic mass is 16.5. The van der Waals surface area contributed by atoms with Crippen molar-refractivity contribution in [3.05, 3.63) is 101 Å². The van der Waals surface area contributed by atoms with Crippen LogP contribution in [-0.4, -0.2) is 17.6 Å². The molecule has 0 amide bonds. The lowest BCUT2D eigenvalue weighted by atomic mass is 10.1. The zero-order chi connectivity index (χ0) is 20.9. The number of aromatic amines is 1. The minimum absolute atomic E-state index is 0.307. The van der Waals surface area contributed by atoms with Crippen molar-refractivity contribution < 1.29 is 9.53 Å². The lowest BCUT2D eigenvalue weighted by Gasteiger charge is -2.25. The van der Waals surface area contributed by atoms with E-state index >= 15 is 0 Å². The second kappa shape index (κ2) is 8.87. The number of aryl methyl sites for hydroxylation is 1. The number of fused-ring (bicyclic) bond motifs is 1. The van der Waals surface area contributed by atoms with Gasteiger partial charge in [0.05, 0.1) is 6.61 Å². The Labute approximate surface area is 177 Å². The topological polar surface area (TPSA) is 45.3 Å². The molecule has 0 aliphatic heterocycles. The molecule has 1 aromatic heterocycles. The minimum Gasteiger partial charge on any atom is -0.461 e. The fourth-order valence-corrected chi connectivity index (χ4v) is 3.76. The van der Waals surface area contributed by atoms with Crippen LogP contribution in [0.5, 0.6) is 0 Å². The molecule has 0 aliphatic carbocycles. The Hall–Kier alpha value is -3.53. The molecule has 0 saturated heterocycles. The third-order valence-electron chi connectivity index (χ3n) is 5.32. The zero-order valence-electron chi connectivity index (χ0n) is 17.4. The number of hydrogen-bond acceptors (Lipinski definition) is 3. The van der Waals surface area contributed by atoms with E-state index in [0.29, 0.717) is 12.3 Å². The van der Waals surface area contributed by atoms with Crippen LogP contribution in [0.15, 0.2) is 78.9 Å². The standard InChI is InChI=1S/C26H26N2O2/c1-3-30-26(29)25-19(2)23-16-22(14-15-24(23)27-25)28(17-20-10-6-4-7-11-20)18-21-12-8-5-9-13-21/h4-16,27H,3,17-18H2,1-2H3. The van der Waals surface area contributed by atoms with Crippen LogP contribution in [-0.2, 0) is 17.8 Å². The van der Waals surface area contributed by atoms with Crippen LogP contribution in [0, 0.1) is 6.92 Å². The van der Waals surface area contributed by atoms with Gasteiger partial charge in [0.2, 0.25) is 0 Å². The Balaban J connectivity index is 1.71. The van der Waals surface area contributed by atoms with Gasteiger partial charge in [-0.1, -0.05) is 60.7 Å². The molecular weight excluding hydrogens is 372 g/mol. The highest BCUT2D eigenvalue weighted by Gasteiger charge is 2.17. The van der Waals surface area contributed by atoms with Gasteiger partial charge in [-0.15, -0.1) is 0 Å². The van der Waals surface area contributed by atoms with E-state index in [1.165, 1.54) is 11.1 Å². The minimum atomic E-state index is -0.307. The van der Waals surface area contributed by atoms with Crippen LogP contribution in [0.3, 0.4) is 0 Å². The van der Waals surface area contributed by atoms with Gasteiger partial charge < -0.3 is 14.6 Å². The van der Waals surface area contributed by atoms with Crippen LogP contribution in [0.2, 0.25) is 0 Å². The predicted molar refractivity (Wildman–Crippen MR) is 122 cm³/mol. The fraction of sp³-hybridized carbons (Fsp3) is 0.192. The van der Waals surface area contributed by atoms with E-state index in [1.807, 2.05) is 32.0 Å². The number of carbonyl (C=O) groups is 1. The molecule has 30 heavy (non-hydrogen) atoms. The molecule has 4 rings (SSSR count). The van der Waals surface area contributed by atoms with Gasteiger partial charge in [-0.05, 0) is 48.7 Å². The average Bonchev–Trinajstić information content (AvgIpc) is 3.11. The first-order valence-corrected chi connectivity index (χ1v) is 10.3. The summed E-state index contributed by atoms with van der Waals surface area (Å²) in [5.41, 5.74) is 6.02. The van der Waals surface area contributed by atoms with Crippen LogP contribution in [0.1, 0.15) is 34.1 Å². The van der Waals surface area contributed by atoms with Gasteiger partial charge in [-0.3, -0.25) is 0 Å². The first kappa shape index (κ1) is 19.8. The van der Waals surface area contributed by atoms with Crippen LogP contribution < -0.4 is 4.90 Å². The van der Waals surface area contributed by atoms with Crippen molar-refractivity contribution in [3.8, 4) is 0 Å². The summed E-state index contributed by atoms with van der Waals surface area (Å²) in [6.07, 6.45) is 0. The Kier molecular flexibility index (Phi) is 5.84. The predicted octanol–water partition coefficient (Wildman–Crippen LogP) is 5.86.